The van der Waals surface area contributed by atoms with Crippen molar-refractivity contribution in [1.82, 2.24) is 5.06 Å². The second-order valence-electron chi connectivity index (χ2n) is 5.95. The first-order chi connectivity index (χ1) is 8.41. The van der Waals surface area contributed by atoms with Crippen LogP contribution in [0.4, 0.5) is 4.79 Å². The Morgan fingerprint density at radius 3 is 2.00 bits per heavy atom. The highest BCUT2D eigenvalue weighted by Crippen LogP contribution is 2.23. The van der Waals surface area contributed by atoms with Crippen LogP contribution in [0.1, 0.15) is 48.5 Å². The maximum Gasteiger partial charge on any atom is 0.443 e. The standard InChI is InChI=1S/C13H25NO5/c1-8-14(11(17)18-12(3,4)5)19-10(16)13(6,7)9(2)15/h9,15H,8H2,1-7H3. The Labute approximate surface area is 114 Å². The lowest BCUT2D eigenvalue weighted by molar-refractivity contribution is -0.199. The summed E-state index contributed by atoms with van der Waals surface area (Å²) in [5, 5.41) is 10.4. The van der Waals surface area contributed by atoms with Gasteiger partial charge in [0.15, 0.2) is 0 Å². The summed E-state index contributed by atoms with van der Waals surface area (Å²) in [5.41, 5.74) is -1.77. The average Bonchev–Trinajstić information content (AvgIpc) is 2.22. The van der Waals surface area contributed by atoms with Gasteiger partial charge in [-0.3, -0.25) is 0 Å². The Kier molecular flexibility index (Phi) is 5.81. The highest BCUT2D eigenvalue weighted by molar-refractivity contribution is 5.78. The van der Waals surface area contributed by atoms with E-state index >= 15 is 0 Å². The summed E-state index contributed by atoms with van der Waals surface area (Å²) >= 11 is 0. The van der Waals surface area contributed by atoms with E-state index in [0.717, 1.165) is 5.06 Å². The Bertz CT molecular complexity index is 330. The third-order valence-electron chi connectivity index (χ3n) is 2.65. The summed E-state index contributed by atoms with van der Waals surface area (Å²) in [6.45, 7) is 11.6. The molecule has 0 aromatic rings. The van der Waals surface area contributed by atoms with Crippen molar-refractivity contribution in [3.63, 3.8) is 0 Å². The van der Waals surface area contributed by atoms with Crippen molar-refractivity contribution in [3.05, 3.63) is 0 Å². The predicted molar refractivity (Wildman–Crippen MR) is 70.2 cm³/mol. The Balaban J connectivity index is 4.75. The molecule has 0 aliphatic carbocycles. The maximum atomic E-state index is 11.9. The van der Waals surface area contributed by atoms with Gasteiger partial charge in [0.25, 0.3) is 0 Å². The van der Waals surface area contributed by atoms with Crippen molar-refractivity contribution in [1.29, 1.82) is 0 Å². The molecule has 112 valence electrons. The van der Waals surface area contributed by atoms with Gasteiger partial charge in [0.2, 0.25) is 0 Å². The zero-order valence-corrected chi connectivity index (χ0v) is 12.8. The van der Waals surface area contributed by atoms with Gasteiger partial charge in [0, 0.05) is 0 Å². The van der Waals surface area contributed by atoms with Crippen LogP contribution < -0.4 is 0 Å². The van der Waals surface area contributed by atoms with Gasteiger partial charge in [-0.15, -0.1) is 5.06 Å². The topological polar surface area (TPSA) is 76.1 Å². The van der Waals surface area contributed by atoms with E-state index in [1.165, 1.54) is 6.92 Å². The summed E-state index contributed by atoms with van der Waals surface area (Å²) < 4.78 is 5.11. The van der Waals surface area contributed by atoms with Crippen LogP contribution in [-0.2, 0) is 14.4 Å². The zero-order valence-electron chi connectivity index (χ0n) is 12.8. The molecular formula is C13H25NO5. The van der Waals surface area contributed by atoms with Crippen LogP contribution in [0.5, 0.6) is 0 Å². The van der Waals surface area contributed by atoms with Gasteiger partial charge in [0.1, 0.15) is 5.60 Å². The fourth-order valence-corrected chi connectivity index (χ4v) is 0.932. The Hall–Kier alpha value is -1.30. The second-order valence-corrected chi connectivity index (χ2v) is 5.95. The van der Waals surface area contributed by atoms with Crippen LogP contribution >= 0.6 is 0 Å². The number of rotatable bonds is 3. The molecule has 6 nitrogen and oxygen atoms in total. The first-order valence-electron chi connectivity index (χ1n) is 6.32. The number of carbonyl (C=O) groups excluding carboxylic acids is 2. The monoisotopic (exact) mass is 275 g/mol. The van der Waals surface area contributed by atoms with Crippen LogP contribution in [0.15, 0.2) is 0 Å². The summed E-state index contributed by atoms with van der Waals surface area (Å²) in [7, 11) is 0. The van der Waals surface area contributed by atoms with E-state index in [4.69, 9.17) is 9.57 Å². The van der Waals surface area contributed by atoms with Crippen LogP contribution in [-0.4, -0.2) is 40.5 Å². The number of carbonyl (C=O) groups is 2. The number of hydroxylamine groups is 2. The summed E-state index contributed by atoms with van der Waals surface area (Å²) in [4.78, 5) is 28.7. The molecule has 0 heterocycles. The number of hydrogen-bond donors (Lipinski definition) is 1. The largest absolute Gasteiger partial charge is 0.443 e. The molecule has 0 rings (SSSR count). The molecule has 0 bridgehead atoms. The van der Waals surface area contributed by atoms with Gasteiger partial charge in [-0.25, -0.2) is 9.59 Å². The van der Waals surface area contributed by atoms with Crippen LogP contribution in [0.3, 0.4) is 0 Å². The molecule has 19 heavy (non-hydrogen) atoms. The minimum Gasteiger partial charge on any atom is -0.442 e. The Morgan fingerprint density at radius 2 is 1.68 bits per heavy atom. The third kappa shape index (κ3) is 5.46. The lowest BCUT2D eigenvalue weighted by Gasteiger charge is -2.30. The number of aliphatic hydroxyl groups excluding tert-OH is 1. The van der Waals surface area contributed by atoms with Gasteiger partial charge < -0.3 is 14.7 Å². The number of ether oxygens (including phenoxy) is 1. The number of nitrogens with zero attached hydrogens (tertiary/aromatic N) is 1. The molecule has 0 radical (unpaired) electrons. The molecule has 0 aliphatic rings. The molecule has 0 saturated heterocycles. The molecule has 0 fully saturated rings. The smallest absolute Gasteiger partial charge is 0.442 e. The van der Waals surface area contributed by atoms with E-state index in [9.17, 15) is 14.7 Å². The molecule has 0 aliphatic heterocycles. The molecule has 6 heteroatoms. The number of amides is 1. The fraction of sp³-hybridized carbons (Fsp3) is 0.846. The SMILES string of the molecule is CCN(OC(=O)C(C)(C)C(C)O)C(=O)OC(C)(C)C. The van der Waals surface area contributed by atoms with Crippen molar-refractivity contribution in [2.45, 2.75) is 60.2 Å². The quantitative estimate of drug-likeness (QED) is 0.798. The first kappa shape index (κ1) is 17.7. The Morgan fingerprint density at radius 1 is 1.21 bits per heavy atom. The van der Waals surface area contributed by atoms with Crippen molar-refractivity contribution < 1.29 is 24.3 Å². The van der Waals surface area contributed by atoms with E-state index in [-0.39, 0.29) is 6.54 Å². The number of aliphatic hydroxyl groups is 1. The minimum atomic E-state index is -1.10. The molecule has 1 unspecified atom stereocenters. The van der Waals surface area contributed by atoms with Crippen molar-refractivity contribution in [2.75, 3.05) is 6.54 Å². The van der Waals surface area contributed by atoms with E-state index in [1.54, 1.807) is 41.5 Å². The molecule has 1 amide bonds. The second kappa shape index (κ2) is 6.23. The molecule has 1 atom stereocenters. The lowest BCUT2D eigenvalue weighted by atomic mass is 9.88. The van der Waals surface area contributed by atoms with Gasteiger partial charge >= 0.3 is 12.1 Å². The highest BCUT2D eigenvalue weighted by atomic mass is 16.8. The van der Waals surface area contributed by atoms with Crippen LogP contribution in [0, 0.1) is 5.41 Å². The van der Waals surface area contributed by atoms with Crippen LogP contribution in [0.25, 0.3) is 0 Å². The van der Waals surface area contributed by atoms with Gasteiger partial charge in [0.05, 0.1) is 18.1 Å². The fourth-order valence-electron chi connectivity index (χ4n) is 0.932. The van der Waals surface area contributed by atoms with Crippen molar-refractivity contribution in [2.24, 2.45) is 5.41 Å². The third-order valence-corrected chi connectivity index (χ3v) is 2.65. The average molecular weight is 275 g/mol. The first-order valence-corrected chi connectivity index (χ1v) is 6.32. The van der Waals surface area contributed by atoms with E-state index in [0.29, 0.717) is 0 Å². The van der Waals surface area contributed by atoms with Crippen molar-refractivity contribution >= 4 is 12.1 Å². The zero-order chi connectivity index (χ0) is 15.4. The molecule has 1 N–H and O–H groups in total. The van der Waals surface area contributed by atoms with Crippen molar-refractivity contribution in [3.8, 4) is 0 Å². The number of hydrogen-bond acceptors (Lipinski definition) is 5. The summed E-state index contributed by atoms with van der Waals surface area (Å²) in [5.74, 6) is -0.685. The molecular weight excluding hydrogens is 250 g/mol. The summed E-state index contributed by atoms with van der Waals surface area (Å²) in [6, 6.07) is 0. The molecule has 0 aromatic heterocycles. The molecule has 0 spiro atoms. The van der Waals surface area contributed by atoms with Crippen LogP contribution in [0.2, 0.25) is 0 Å². The minimum absolute atomic E-state index is 0.163. The normalized spacial score (nSPS) is 13.7. The maximum absolute atomic E-state index is 11.9. The van der Waals surface area contributed by atoms with E-state index in [2.05, 4.69) is 0 Å². The molecule has 0 saturated carbocycles. The summed E-state index contributed by atoms with van der Waals surface area (Å²) in [6.07, 6.45) is -1.62. The lowest BCUT2D eigenvalue weighted by Crippen LogP contribution is -2.44. The molecule has 0 aromatic carbocycles. The van der Waals surface area contributed by atoms with E-state index in [1.807, 2.05) is 0 Å². The predicted octanol–water partition coefficient (Wildman–Crippen LogP) is 2.11. The van der Waals surface area contributed by atoms with E-state index < -0.39 is 29.2 Å². The van der Waals surface area contributed by atoms with Gasteiger partial charge in [-0.05, 0) is 48.5 Å². The van der Waals surface area contributed by atoms with Gasteiger partial charge in [-0.2, -0.15) is 0 Å². The van der Waals surface area contributed by atoms with Gasteiger partial charge in [-0.1, -0.05) is 0 Å². The highest BCUT2D eigenvalue weighted by Gasteiger charge is 2.37.